The fraction of sp³-hybridized carbons (Fsp3) is 0.762. The van der Waals surface area contributed by atoms with Gasteiger partial charge >= 0.3 is 0 Å². The van der Waals surface area contributed by atoms with E-state index in [4.69, 9.17) is 0 Å². The number of rotatable bonds is 1. The van der Waals surface area contributed by atoms with Gasteiger partial charge in [-0.05, 0) is 67.8 Å². The number of aliphatic hydroxyl groups excluding tert-OH is 2. The third-order valence-electron chi connectivity index (χ3n) is 8.14. The van der Waals surface area contributed by atoms with Crippen molar-refractivity contribution in [3.05, 3.63) is 23.3 Å². The number of allylic oxidation sites excluding steroid dienone is 3. The van der Waals surface area contributed by atoms with Crippen LogP contribution >= 0.6 is 0 Å². The second kappa shape index (κ2) is 5.28. The minimum atomic E-state index is -0.453. The molecule has 3 heteroatoms. The van der Waals surface area contributed by atoms with Crippen LogP contribution in [0.2, 0.25) is 0 Å². The molecule has 4 aliphatic carbocycles. The van der Waals surface area contributed by atoms with E-state index >= 15 is 0 Å². The number of hydrogen-bond acceptors (Lipinski definition) is 3. The van der Waals surface area contributed by atoms with Crippen LogP contribution in [0, 0.1) is 28.6 Å². The second-order valence-electron chi connectivity index (χ2n) is 9.10. The van der Waals surface area contributed by atoms with E-state index < -0.39 is 12.2 Å². The number of fused-ring (bicyclic) bond motifs is 5. The summed E-state index contributed by atoms with van der Waals surface area (Å²) in [6.45, 7) is 6.22. The molecule has 0 radical (unpaired) electrons. The van der Waals surface area contributed by atoms with Crippen LogP contribution in [0.3, 0.4) is 0 Å². The average molecular weight is 330 g/mol. The molecule has 0 aromatic carbocycles. The summed E-state index contributed by atoms with van der Waals surface area (Å²) in [7, 11) is 0. The number of Topliss-reactive ketones (excluding diaryl/α,β-unsaturated/α-hetero) is 1. The van der Waals surface area contributed by atoms with Crippen molar-refractivity contribution in [2.75, 3.05) is 0 Å². The lowest BCUT2D eigenvalue weighted by Crippen LogP contribution is -2.55. The Morgan fingerprint density at radius 3 is 2.62 bits per heavy atom. The van der Waals surface area contributed by atoms with Gasteiger partial charge in [0.1, 0.15) is 0 Å². The molecule has 0 saturated heterocycles. The van der Waals surface area contributed by atoms with Crippen molar-refractivity contribution < 1.29 is 15.0 Å². The van der Waals surface area contributed by atoms with E-state index in [1.165, 1.54) is 5.57 Å². The van der Waals surface area contributed by atoms with Gasteiger partial charge in [-0.1, -0.05) is 31.6 Å². The summed E-state index contributed by atoms with van der Waals surface area (Å²) < 4.78 is 0. The van der Waals surface area contributed by atoms with E-state index in [2.05, 4.69) is 26.0 Å². The Labute approximate surface area is 144 Å². The monoisotopic (exact) mass is 330 g/mol. The fourth-order valence-electron chi connectivity index (χ4n) is 6.81. The van der Waals surface area contributed by atoms with Crippen molar-refractivity contribution in [1.29, 1.82) is 0 Å². The Morgan fingerprint density at radius 2 is 1.92 bits per heavy atom. The standard InChI is InChI=1S/C21H30O3/c1-12(22)16-6-7-17-15-5-4-13-10-14(23)11-19(24)21(13,3)18(15)8-9-20(16,17)2/h4,6,14-15,17-19,23-24H,5,7-11H2,1-3H3/t14-,15-,17-,18-,19+,20+,21-/m0/s1. The van der Waals surface area contributed by atoms with Crippen LogP contribution in [0.4, 0.5) is 0 Å². The van der Waals surface area contributed by atoms with Gasteiger partial charge in [0.15, 0.2) is 5.78 Å². The summed E-state index contributed by atoms with van der Waals surface area (Å²) in [6.07, 6.45) is 9.02. The molecule has 7 atom stereocenters. The molecule has 0 aromatic heterocycles. The first-order chi connectivity index (χ1) is 11.3. The van der Waals surface area contributed by atoms with Gasteiger partial charge in [-0.15, -0.1) is 0 Å². The lowest BCUT2D eigenvalue weighted by Gasteiger charge is -2.58. The zero-order valence-electron chi connectivity index (χ0n) is 15.1. The maximum absolute atomic E-state index is 12.1. The van der Waals surface area contributed by atoms with E-state index in [1.54, 1.807) is 6.92 Å². The molecule has 24 heavy (non-hydrogen) atoms. The summed E-state index contributed by atoms with van der Waals surface area (Å²) >= 11 is 0. The molecular weight excluding hydrogens is 300 g/mol. The first kappa shape index (κ1) is 16.5. The van der Waals surface area contributed by atoms with Crippen LogP contribution in [-0.4, -0.2) is 28.2 Å². The van der Waals surface area contributed by atoms with Crippen LogP contribution in [0.15, 0.2) is 23.3 Å². The van der Waals surface area contributed by atoms with Gasteiger partial charge < -0.3 is 10.2 Å². The van der Waals surface area contributed by atoms with Gasteiger partial charge in [-0.3, -0.25) is 4.79 Å². The van der Waals surface area contributed by atoms with Gasteiger partial charge in [0.05, 0.1) is 12.2 Å². The molecule has 132 valence electrons. The van der Waals surface area contributed by atoms with E-state index in [0.717, 1.165) is 37.7 Å². The molecule has 0 heterocycles. The number of carbonyl (C=O) groups is 1. The predicted octanol–water partition coefficient (Wildman–Crippen LogP) is 3.41. The van der Waals surface area contributed by atoms with Crippen LogP contribution in [0.25, 0.3) is 0 Å². The van der Waals surface area contributed by atoms with Crippen molar-refractivity contribution >= 4 is 5.78 Å². The molecule has 4 aliphatic rings. The maximum atomic E-state index is 12.1. The molecule has 0 spiro atoms. The number of aliphatic hydroxyl groups is 2. The number of hydrogen-bond donors (Lipinski definition) is 2. The topological polar surface area (TPSA) is 57.5 Å². The van der Waals surface area contributed by atoms with Crippen molar-refractivity contribution in [1.82, 2.24) is 0 Å². The molecule has 0 amide bonds. The minimum absolute atomic E-state index is 0.0217. The average Bonchev–Trinajstić information content (AvgIpc) is 2.86. The molecule has 4 rings (SSSR count). The Hall–Kier alpha value is -0.930. The normalized spacial score (nSPS) is 50.3. The predicted molar refractivity (Wildman–Crippen MR) is 93.2 cm³/mol. The molecule has 0 aliphatic heterocycles. The van der Waals surface area contributed by atoms with Crippen LogP contribution < -0.4 is 0 Å². The van der Waals surface area contributed by atoms with Gasteiger partial charge in [-0.2, -0.15) is 0 Å². The summed E-state index contributed by atoms with van der Waals surface area (Å²) in [4.78, 5) is 12.1. The van der Waals surface area contributed by atoms with E-state index in [9.17, 15) is 15.0 Å². The maximum Gasteiger partial charge on any atom is 0.156 e. The number of ketones is 1. The highest BCUT2D eigenvalue weighted by Crippen LogP contribution is 2.64. The molecule has 3 nitrogen and oxygen atoms in total. The SMILES string of the molecule is CC(=O)C1=CC[C@H]2[C@@H]3CC=C4C[C@H](O)C[C@@H](O)[C@]4(C)[C@H]3CC[C@]12C. The van der Waals surface area contributed by atoms with Crippen LogP contribution in [0.1, 0.15) is 59.3 Å². The third-order valence-corrected chi connectivity index (χ3v) is 8.14. The first-order valence-electron chi connectivity index (χ1n) is 9.55. The lowest BCUT2D eigenvalue weighted by atomic mass is 9.46. The lowest BCUT2D eigenvalue weighted by molar-refractivity contribution is -0.117. The van der Waals surface area contributed by atoms with Crippen molar-refractivity contribution in [3.8, 4) is 0 Å². The highest BCUT2D eigenvalue weighted by atomic mass is 16.3. The molecule has 0 unspecified atom stereocenters. The quantitative estimate of drug-likeness (QED) is 0.725. The van der Waals surface area contributed by atoms with E-state index in [1.807, 2.05) is 0 Å². The molecule has 0 aromatic rings. The summed E-state index contributed by atoms with van der Waals surface area (Å²) in [5.74, 6) is 1.76. The molecule has 2 fully saturated rings. The molecule has 2 saturated carbocycles. The summed E-state index contributed by atoms with van der Waals surface area (Å²) in [5, 5.41) is 20.9. The van der Waals surface area contributed by atoms with E-state index in [0.29, 0.717) is 24.2 Å². The van der Waals surface area contributed by atoms with E-state index in [-0.39, 0.29) is 16.6 Å². The minimum Gasteiger partial charge on any atom is -0.393 e. The first-order valence-corrected chi connectivity index (χ1v) is 9.55. The summed E-state index contributed by atoms with van der Waals surface area (Å²) in [5.41, 5.74) is 2.15. The number of carbonyl (C=O) groups excluding carboxylic acids is 1. The molecule has 2 N–H and O–H groups in total. The second-order valence-corrected chi connectivity index (χ2v) is 9.10. The van der Waals surface area contributed by atoms with Gasteiger partial charge in [0.2, 0.25) is 0 Å². The van der Waals surface area contributed by atoms with Gasteiger partial charge in [-0.25, -0.2) is 0 Å². The highest BCUT2D eigenvalue weighted by Gasteiger charge is 2.59. The van der Waals surface area contributed by atoms with Crippen LogP contribution in [0.5, 0.6) is 0 Å². The van der Waals surface area contributed by atoms with Crippen molar-refractivity contribution in [2.24, 2.45) is 28.6 Å². The third kappa shape index (κ3) is 2.00. The van der Waals surface area contributed by atoms with Crippen LogP contribution in [-0.2, 0) is 4.79 Å². The Kier molecular flexibility index (Phi) is 3.64. The van der Waals surface area contributed by atoms with Gasteiger partial charge in [0.25, 0.3) is 0 Å². The molecular formula is C21H30O3. The zero-order chi connectivity index (χ0) is 17.3. The smallest absolute Gasteiger partial charge is 0.156 e. The Balaban J connectivity index is 1.70. The molecule has 0 bridgehead atoms. The highest BCUT2D eigenvalue weighted by molar-refractivity contribution is 5.95. The summed E-state index contributed by atoms with van der Waals surface area (Å²) in [6, 6.07) is 0. The Morgan fingerprint density at radius 1 is 1.17 bits per heavy atom. The van der Waals surface area contributed by atoms with Crippen molar-refractivity contribution in [2.45, 2.75) is 71.5 Å². The largest absolute Gasteiger partial charge is 0.393 e. The zero-order valence-corrected chi connectivity index (χ0v) is 15.1. The van der Waals surface area contributed by atoms with Gasteiger partial charge in [0, 0.05) is 11.8 Å². The Bertz CT molecular complexity index is 633. The fourth-order valence-corrected chi connectivity index (χ4v) is 6.81. The van der Waals surface area contributed by atoms with Crippen molar-refractivity contribution in [3.63, 3.8) is 0 Å².